The molecule has 0 amide bonds. The van der Waals surface area contributed by atoms with Gasteiger partial charge in [0.1, 0.15) is 22.4 Å². The summed E-state index contributed by atoms with van der Waals surface area (Å²) >= 11 is 0. The minimum atomic E-state index is -2.70. The summed E-state index contributed by atoms with van der Waals surface area (Å²) in [6.45, 7) is 4.77. The predicted molar refractivity (Wildman–Crippen MR) is 159 cm³/mol. The van der Waals surface area contributed by atoms with E-state index >= 15 is 0 Å². The van der Waals surface area contributed by atoms with E-state index in [1.807, 2.05) is 35.2 Å². The van der Waals surface area contributed by atoms with Crippen LogP contribution in [0.2, 0.25) is 0 Å². The number of nitrogens with one attached hydrogen (secondary N) is 1. The molecule has 0 spiro atoms. The number of furan rings is 1. The van der Waals surface area contributed by atoms with Crippen LogP contribution in [0.1, 0.15) is 70.7 Å². The van der Waals surface area contributed by atoms with Crippen molar-refractivity contribution in [3.8, 4) is 5.75 Å². The summed E-state index contributed by atoms with van der Waals surface area (Å²) in [7, 11) is 0. The van der Waals surface area contributed by atoms with Crippen molar-refractivity contribution in [2.75, 3.05) is 11.4 Å². The third kappa shape index (κ3) is 6.08. The molecule has 234 valence electrons. The third-order valence-corrected chi connectivity index (χ3v) is 8.39. The average molecular weight is 614 g/mol. The first-order valence-corrected chi connectivity index (χ1v) is 14.6. The SMILES string of the molecule is C[C@@H]1CCCN1c1nc(C(F)F)nc2c1oc1ccccc12.C[C@H]1CCCCC1n1c(=O)[nH]c2cccc(O)c21.O=COF. The zero-order valence-electron chi connectivity index (χ0n) is 24.4. The van der Waals surface area contributed by atoms with Gasteiger partial charge in [-0.3, -0.25) is 14.3 Å². The molecule has 5 aromatic rings. The molecule has 2 N–H and O–H groups in total. The number of hydrogen-bond acceptors (Lipinski definition) is 8. The number of carbonyl (C=O) groups is 1. The number of benzene rings is 2. The van der Waals surface area contributed by atoms with E-state index in [9.17, 15) is 23.2 Å². The number of H-pyrrole nitrogens is 1. The van der Waals surface area contributed by atoms with Crippen molar-refractivity contribution in [2.45, 2.75) is 70.9 Å². The Hall–Kier alpha value is -4.55. The number of phenols is 1. The minimum absolute atomic E-state index is 0.106. The summed E-state index contributed by atoms with van der Waals surface area (Å²) in [5.41, 5.74) is 2.88. The summed E-state index contributed by atoms with van der Waals surface area (Å²) in [5, 5.41) is 10.7. The number of fused-ring (bicyclic) bond motifs is 4. The van der Waals surface area contributed by atoms with Crippen LogP contribution < -0.4 is 10.6 Å². The number of halogens is 3. The van der Waals surface area contributed by atoms with Gasteiger partial charge in [0.15, 0.2) is 17.2 Å². The van der Waals surface area contributed by atoms with E-state index in [2.05, 4.69) is 33.7 Å². The van der Waals surface area contributed by atoms with Crippen LogP contribution in [0, 0.1) is 5.92 Å². The first-order valence-electron chi connectivity index (χ1n) is 14.6. The van der Waals surface area contributed by atoms with Crippen molar-refractivity contribution in [2.24, 2.45) is 5.92 Å². The molecule has 1 saturated heterocycles. The van der Waals surface area contributed by atoms with Crippen LogP contribution in [-0.4, -0.2) is 43.7 Å². The molecule has 2 aliphatic rings. The van der Waals surface area contributed by atoms with Crippen LogP contribution in [0.3, 0.4) is 0 Å². The number of hydrogen-bond donors (Lipinski definition) is 2. The Morgan fingerprint density at radius 2 is 1.82 bits per heavy atom. The van der Waals surface area contributed by atoms with E-state index in [0.717, 1.165) is 49.6 Å². The van der Waals surface area contributed by atoms with E-state index in [4.69, 9.17) is 9.21 Å². The Morgan fingerprint density at radius 1 is 1.07 bits per heavy atom. The molecule has 3 aromatic heterocycles. The molecule has 4 heterocycles. The zero-order chi connectivity index (χ0) is 31.4. The smallest absolute Gasteiger partial charge is 0.337 e. The Kier molecular flexibility index (Phi) is 9.40. The maximum atomic E-state index is 13.2. The lowest BCUT2D eigenvalue weighted by atomic mass is 9.85. The molecule has 1 aliphatic heterocycles. The Labute approximate surface area is 250 Å². The molecular formula is C31H34F3N5O5. The minimum Gasteiger partial charge on any atom is -0.506 e. The third-order valence-electron chi connectivity index (χ3n) is 8.39. The van der Waals surface area contributed by atoms with E-state index < -0.39 is 12.2 Å². The number of phenolic OH excluding ortho intramolecular Hbond substituents is 1. The van der Waals surface area contributed by atoms with Gasteiger partial charge in [-0.05, 0) is 62.8 Å². The molecule has 0 bridgehead atoms. The summed E-state index contributed by atoms with van der Waals surface area (Å²) in [6, 6.07) is 13.0. The highest BCUT2D eigenvalue weighted by atomic mass is 19.3. The van der Waals surface area contributed by atoms with Crippen molar-refractivity contribution >= 4 is 45.4 Å². The normalized spacial score (nSPS) is 20.0. The van der Waals surface area contributed by atoms with Crippen molar-refractivity contribution in [3.63, 3.8) is 0 Å². The van der Waals surface area contributed by atoms with Crippen LogP contribution in [-0.2, 0) is 9.74 Å². The average Bonchev–Trinajstić information content (AvgIpc) is 3.72. The fourth-order valence-corrected chi connectivity index (χ4v) is 6.29. The molecule has 2 fully saturated rings. The second kappa shape index (κ2) is 13.4. The lowest BCUT2D eigenvalue weighted by Gasteiger charge is -2.29. The van der Waals surface area contributed by atoms with Crippen molar-refractivity contribution in [1.29, 1.82) is 0 Å². The van der Waals surface area contributed by atoms with Gasteiger partial charge < -0.3 is 19.4 Å². The topological polar surface area (TPSA) is 126 Å². The molecule has 3 atom stereocenters. The summed E-state index contributed by atoms with van der Waals surface area (Å²) in [4.78, 5) is 36.1. The predicted octanol–water partition coefficient (Wildman–Crippen LogP) is 7.13. The number of carbonyl (C=O) groups excluding carboxylic acids is 1. The summed E-state index contributed by atoms with van der Waals surface area (Å²) < 4.78 is 43.9. The Bertz CT molecular complexity index is 1800. The number of nitrogens with zero attached hydrogens (tertiary/aromatic N) is 4. The van der Waals surface area contributed by atoms with E-state index in [0.29, 0.717) is 33.9 Å². The maximum absolute atomic E-state index is 13.2. The second-order valence-corrected chi connectivity index (χ2v) is 11.2. The van der Waals surface area contributed by atoms with Crippen molar-refractivity contribution in [1.82, 2.24) is 19.5 Å². The van der Waals surface area contributed by atoms with Gasteiger partial charge >= 0.3 is 12.2 Å². The number of anilines is 1. The maximum Gasteiger partial charge on any atom is 0.337 e. The van der Waals surface area contributed by atoms with Gasteiger partial charge in [-0.25, -0.2) is 23.5 Å². The zero-order valence-corrected chi connectivity index (χ0v) is 24.4. The number of aromatic amines is 1. The largest absolute Gasteiger partial charge is 0.506 e. The highest BCUT2D eigenvalue weighted by molar-refractivity contribution is 6.05. The van der Waals surface area contributed by atoms with Gasteiger partial charge in [0.05, 0.1) is 5.52 Å². The lowest BCUT2D eigenvalue weighted by Crippen LogP contribution is -2.28. The molecule has 1 aliphatic carbocycles. The molecule has 1 saturated carbocycles. The molecule has 2 aromatic carbocycles. The van der Waals surface area contributed by atoms with Gasteiger partial charge in [-0.15, -0.1) is 0 Å². The fraction of sp³-hybridized carbons (Fsp3) is 0.419. The molecule has 7 rings (SSSR count). The first-order chi connectivity index (χ1) is 21.2. The van der Waals surface area contributed by atoms with Crippen LogP contribution >= 0.6 is 0 Å². The quantitative estimate of drug-likeness (QED) is 0.205. The summed E-state index contributed by atoms with van der Waals surface area (Å²) in [6.07, 6.45) is 3.91. The second-order valence-electron chi connectivity index (χ2n) is 11.2. The molecule has 1 unspecified atom stereocenters. The van der Waals surface area contributed by atoms with Gasteiger partial charge in [0, 0.05) is 28.5 Å². The number of aromatic hydroxyl groups is 1. The van der Waals surface area contributed by atoms with Crippen LogP contribution in [0.4, 0.5) is 19.1 Å². The van der Waals surface area contributed by atoms with Crippen molar-refractivity contribution < 1.29 is 32.6 Å². The molecule has 44 heavy (non-hydrogen) atoms. The molecule has 10 nitrogen and oxygen atoms in total. The highest BCUT2D eigenvalue weighted by Gasteiger charge is 2.29. The fourth-order valence-electron chi connectivity index (χ4n) is 6.29. The summed E-state index contributed by atoms with van der Waals surface area (Å²) in [5.74, 6) is 0.716. The monoisotopic (exact) mass is 613 g/mol. The van der Waals surface area contributed by atoms with Crippen LogP contribution in [0.15, 0.2) is 51.7 Å². The van der Waals surface area contributed by atoms with E-state index in [-0.39, 0.29) is 30.0 Å². The highest BCUT2D eigenvalue weighted by Crippen LogP contribution is 2.38. The number of rotatable bonds is 4. The lowest BCUT2D eigenvalue weighted by molar-refractivity contribution is -0.165. The van der Waals surface area contributed by atoms with Gasteiger partial charge in [-0.1, -0.05) is 38.0 Å². The number of para-hydroxylation sites is 2. The van der Waals surface area contributed by atoms with Crippen molar-refractivity contribution in [3.05, 3.63) is 58.8 Å². The first kappa shape index (κ1) is 30.9. The van der Waals surface area contributed by atoms with Crippen LogP contribution in [0.25, 0.3) is 33.1 Å². The van der Waals surface area contributed by atoms with Gasteiger partial charge in [-0.2, -0.15) is 0 Å². The Balaban J connectivity index is 0.000000158. The van der Waals surface area contributed by atoms with E-state index in [1.54, 1.807) is 16.7 Å². The number of aromatic nitrogens is 4. The standard InChI is InChI=1S/C16H15F2N3O.C14H18N2O2.CHFO2/c1-9-5-4-8-21(9)16-13-12(19-15(20-16)14(17)18)10-6-2-3-7-11(10)22-13;1-9-5-2-3-7-11(9)16-13-10(15-14(16)18)6-4-8-12(13)17;2-4-1-3/h2-3,6-7,9,14H,4-5,8H2,1H3;4,6,8-9,11,17H,2-3,5,7H2,1H3,(H,15,18);1H/t9-;9-,11?;/m10./s1. The van der Waals surface area contributed by atoms with E-state index in [1.165, 1.54) is 6.42 Å². The molecular weight excluding hydrogens is 579 g/mol. The number of imidazole rings is 1. The van der Waals surface area contributed by atoms with Gasteiger partial charge in [0.2, 0.25) is 0 Å². The molecule has 0 radical (unpaired) electrons. The number of alkyl halides is 2. The Morgan fingerprint density at radius 3 is 2.50 bits per heavy atom. The van der Waals surface area contributed by atoms with Crippen LogP contribution in [0.5, 0.6) is 5.75 Å². The van der Waals surface area contributed by atoms with Gasteiger partial charge in [0.25, 0.3) is 6.43 Å². The molecule has 13 heteroatoms.